The molecule has 0 aromatic carbocycles. The molecule has 94 valence electrons. The second-order valence-corrected chi connectivity index (χ2v) is 4.56. The van der Waals surface area contributed by atoms with Crippen LogP contribution in [0.3, 0.4) is 0 Å². The average Bonchev–Trinajstić information content (AvgIpc) is 2.79. The Bertz CT molecular complexity index is 203. The molecule has 1 aliphatic carbocycles. The largest absolute Gasteiger partial charge is 0.383 e. The molecule has 0 aromatic heterocycles. The summed E-state index contributed by atoms with van der Waals surface area (Å²) in [5.74, 6) is 0.814. The highest BCUT2D eigenvalue weighted by Crippen LogP contribution is 2.27. The Balaban J connectivity index is 2.06. The lowest BCUT2D eigenvalue weighted by atomic mass is 10.00. The van der Waals surface area contributed by atoms with E-state index in [-0.39, 0.29) is 5.91 Å². The number of methoxy groups -OCH3 is 1. The SMILES string of the molecule is COCCNC(=O)CN[C@@H](C)C1CCCC1. The van der Waals surface area contributed by atoms with Crippen LogP contribution >= 0.6 is 0 Å². The van der Waals surface area contributed by atoms with Crippen LogP contribution in [0.5, 0.6) is 0 Å². The van der Waals surface area contributed by atoms with Crippen molar-refractivity contribution in [2.45, 2.75) is 38.6 Å². The van der Waals surface area contributed by atoms with Gasteiger partial charge in [0.15, 0.2) is 0 Å². The highest BCUT2D eigenvalue weighted by atomic mass is 16.5. The maximum absolute atomic E-state index is 11.4. The number of rotatable bonds is 7. The van der Waals surface area contributed by atoms with Crippen molar-refractivity contribution in [3.63, 3.8) is 0 Å². The lowest BCUT2D eigenvalue weighted by Crippen LogP contribution is -2.41. The average molecular weight is 228 g/mol. The van der Waals surface area contributed by atoms with Crippen molar-refractivity contribution >= 4 is 5.91 Å². The number of amides is 1. The predicted octanol–water partition coefficient (Wildman–Crippen LogP) is 0.917. The van der Waals surface area contributed by atoms with Gasteiger partial charge in [0, 0.05) is 19.7 Å². The first-order valence-electron chi connectivity index (χ1n) is 6.23. The number of nitrogens with one attached hydrogen (secondary N) is 2. The normalized spacial score (nSPS) is 18.6. The summed E-state index contributed by atoms with van der Waals surface area (Å²) in [6.07, 6.45) is 5.30. The summed E-state index contributed by atoms with van der Waals surface area (Å²) in [5, 5.41) is 6.10. The molecule has 0 aromatic rings. The van der Waals surface area contributed by atoms with Crippen LogP contribution in [0.4, 0.5) is 0 Å². The molecule has 0 aliphatic heterocycles. The van der Waals surface area contributed by atoms with Crippen LogP contribution in [-0.4, -0.2) is 38.8 Å². The first-order chi connectivity index (χ1) is 7.74. The van der Waals surface area contributed by atoms with Crippen LogP contribution in [0.1, 0.15) is 32.6 Å². The molecule has 0 unspecified atom stereocenters. The van der Waals surface area contributed by atoms with Crippen LogP contribution in [0.25, 0.3) is 0 Å². The molecule has 1 aliphatic rings. The van der Waals surface area contributed by atoms with Gasteiger partial charge in [-0.05, 0) is 25.7 Å². The van der Waals surface area contributed by atoms with Gasteiger partial charge < -0.3 is 15.4 Å². The van der Waals surface area contributed by atoms with E-state index in [0.717, 1.165) is 5.92 Å². The van der Waals surface area contributed by atoms with Gasteiger partial charge in [-0.2, -0.15) is 0 Å². The molecule has 16 heavy (non-hydrogen) atoms. The highest BCUT2D eigenvalue weighted by Gasteiger charge is 2.21. The van der Waals surface area contributed by atoms with Crippen molar-refractivity contribution in [3.8, 4) is 0 Å². The number of carbonyl (C=O) groups is 1. The first kappa shape index (κ1) is 13.5. The molecule has 4 heteroatoms. The fourth-order valence-corrected chi connectivity index (χ4v) is 2.23. The molecule has 0 saturated heterocycles. The van der Waals surface area contributed by atoms with Gasteiger partial charge in [-0.3, -0.25) is 4.79 Å². The minimum absolute atomic E-state index is 0.0573. The fourth-order valence-electron chi connectivity index (χ4n) is 2.23. The topological polar surface area (TPSA) is 50.4 Å². The minimum Gasteiger partial charge on any atom is -0.383 e. The van der Waals surface area contributed by atoms with Gasteiger partial charge in [-0.1, -0.05) is 12.8 Å². The van der Waals surface area contributed by atoms with Gasteiger partial charge in [0.2, 0.25) is 5.91 Å². The zero-order valence-electron chi connectivity index (χ0n) is 10.4. The maximum atomic E-state index is 11.4. The monoisotopic (exact) mass is 228 g/mol. The summed E-state index contributed by atoms with van der Waals surface area (Å²) in [7, 11) is 1.63. The zero-order chi connectivity index (χ0) is 11.8. The van der Waals surface area contributed by atoms with Gasteiger partial charge >= 0.3 is 0 Å². The second-order valence-electron chi connectivity index (χ2n) is 4.56. The van der Waals surface area contributed by atoms with Crippen molar-refractivity contribution in [1.82, 2.24) is 10.6 Å². The first-order valence-corrected chi connectivity index (χ1v) is 6.23. The third-order valence-corrected chi connectivity index (χ3v) is 3.32. The smallest absolute Gasteiger partial charge is 0.234 e. The Morgan fingerprint density at radius 3 is 2.75 bits per heavy atom. The summed E-state index contributed by atoms with van der Waals surface area (Å²) in [6, 6.07) is 0.454. The van der Waals surface area contributed by atoms with Gasteiger partial charge in [0.05, 0.1) is 13.2 Å². The van der Waals surface area contributed by atoms with E-state index < -0.39 is 0 Å². The molecule has 1 saturated carbocycles. The fraction of sp³-hybridized carbons (Fsp3) is 0.917. The Labute approximate surface area is 98.1 Å². The number of carbonyl (C=O) groups excluding carboxylic acids is 1. The minimum atomic E-state index is 0.0573. The summed E-state index contributed by atoms with van der Waals surface area (Å²) >= 11 is 0. The summed E-state index contributed by atoms with van der Waals surface area (Å²) in [4.78, 5) is 11.4. The third-order valence-electron chi connectivity index (χ3n) is 3.32. The molecule has 0 bridgehead atoms. The maximum Gasteiger partial charge on any atom is 0.234 e. The van der Waals surface area contributed by atoms with E-state index in [4.69, 9.17) is 4.74 Å². The molecular weight excluding hydrogens is 204 g/mol. The van der Waals surface area contributed by atoms with Crippen molar-refractivity contribution in [2.24, 2.45) is 5.92 Å². The zero-order valence-corrected chi connectivity index (χ0v) is 10.4. The molecule has 1 atom stereocenters. The highest BCUT2D eigenvalue weighted by molar-refractivity contribution is 5.77. The van der Waals surface area contributed by atoms with E-state index in [1.165, 1.54) is 25.7 Å². The van der Waals surface area contributed by atoms with Gasteiger partial charge in [-0.25, -0.2) is 0 Å². The summed E-state index contributed by atoms with van der Waals surface area (Å²) in [6.45, 7) is 3.76. The van der Waals surface area contributed by atoms with E-state index >= 15 is 0 Å². The predicted molar refractivity (Wildman–Crippen MR) is 64.3 cm³/mol. The third kappa shape index (κ3) is 4.94. The number of ether oxygens (including phenoxy) is 1. The Morgan fingerprint density at radius 1 is 1.44 bits per heavy atom. The van der Waals surface area contributed by atoms with Gasteiger partial charge in [0.25, 0.3) is 0 Å². The number of hydrogen-bond acceptors (Lipinski definition) is 3. The van der Waals surface area contributed by atoms with Crippen molar-refractivity contribution < 1.29 is 9.53 Å². The van der Waals surface area contributed by atoms with Crippen LogP contribution in [-0.2, 0) is 9.53 Å². The molecular formula is C12H24N2O2. The van der Waals surface area contributed by atoms with Crippen molar-refractivity contribution in [2.75, 3.05) is 26.8 Å². The van der Waals surface area contributed by atoms with E-state index in [1.807, 2.05) is 0 Å². The van der Waals surface area contributed by atoms with E-state index in [0.29, 0.717) is 25.7 Å². The lowest BCUT2D eigenvalue weighted by molar-refractivity contribution is -0.120. The van der Waals surface area contributed by atoms with Crippen molar-refractivity contribution in [1.29, 1.82) is 0 Å². The number of hydrogen-bond donors (Lipinski definition) is 2. The van der Waals surface area contributed by atoms with Crippen molar-refractivity contribution in [3.05, 3.63) is 0 Å². The van der Waals surface area contributed by atoms with E-state index in [2.05, 4.69) is 17.6 Å². The standard InChI is InChI=1S/C12H24N2O2/c1-10(11-5-3-4-6-11)14-9-12(15)13-7-8-16-2/h10-11,14H,3-9H2,1-2H3,(H,13,15)/t10-/m0/s1. The van der Waals surface area contributed by atoms with Crippen LogP contribution < -0.4 is 10.6 Å². The molecule has 0 heterocycles. The summed E-state index contributed by atoms with van der Waals surface area (Å²) < 4.78 is 4.86. The quantitative estimate of drug-likeness (QED) is 0.637. The second kappa shape index (κ2) is 7.63. The Hall–Kier alpha value is -0.610. The van der Waals surface area contributed by atoms with Crippen LogP contribution in [0, 0.1) is 5.92 Å². The lowest BCUT2D eigenvalue weighted by Gasteiger charge is -2.20. The molecule has 4 nitrogen and oxygen atoms in total. The Morgan fingerprint density at radius 2 is 2.12 bits per heavy atom. The van der Waals surface area contributed by atoms with E-state index in [9.17, 15) is 4.79 Å². The Kier molecular flexibility index (Phi) is 6.42. The van der Waals surface area contributed by atoms with Gasteiger partial charge in [0.1, 0.15) is 0 Å². The van der Waals surface area contributed by atoms with Crippen LogP contribution in [0.2, 0.25) is 0 Å². The summed E-state index contributed by atoms with van der Waals surface area (Å²) in [5.41, 5.74) is 0. The van der Waals surface area contributed by atoms with Gasteiger partial charge in [-0.15, -0.1) is 0 Å². The van der Waals surface area contributed by atoms with E-state index in [1.54, 1.807) is 7.11 Å². The molecule has 0 spiro atoms. The molecule has 0 radical (unpaired) electrons. The molecule has 1 fully saturated rings. The molecule has 1 rings (SSSR count). The molecule has 1 amide bonds. The molecule has 2 N–H and O–H groups in total. The van der Waals surface area contributed by atoms with Crippen LogP contribution in [0.15, 0.2) is 0 Å².